The van der Waals surface area contributed by atoms with Crippen molar-refractivity contribution >= 4 is 17.5 Å². The highest BCUT2D eigenvalue weighted by molar-refractivity contribution is 7.99. The lowest BCUT2D eigenvalue weighted by atomic mass is 9.87. The van der Waals surface area contributed by atoms with Gasteiger partial charge in [0.05, 0.1) is 6.61 Å². The van der Waals surface area contributed by atoms with Crippen LogP contribution in [0, 0.1) is 0 Å². The normalized spacial score (nSPS) is 25.6. The van der Waals surface area contributed by atoms with Crippen molar-refractivity contribution in [3.05, 3.63) is 29.8 Å². The maximum Gasteiger partial charge on any atom is 0.135 e. The Morgan fingerprint density at radius 2 is 2.25 bits per heavy atom. The van der Waals surface area contributed by atoms with Gasteiger partial charge in [-0.25, -0.2) is 0 Å². The van der Waals surface area contributed by atoms with E-state index in [0.717, 1.165) is 36.8 Å². The highest BCUT2D eigenvalue weighted by Gasteiger charge is 2.25. The van der Waals surface area contributed by atoms with Gasteiger partial charge in [0.25, 0.3) is 0 Å². The van der Waals surface area contributed by atoms with Crippen molar-refractivity contribution in [2.75, 3.05) is 24.7 Å². The summed E-state index contributed by atoms with van der Waals surface area (Å²) in [5, 5.41) is 3.44. The van der Waals surface area contributed by atoms with E-state index in [-0.39, 0.29) is 0 Å². The summed E-state index contributed by atoms with van der Waals surface area (Å²) in [4.78, 5) is 12.3. The Hall–Kier alpha value is -1.00. The van der Waals surface area contributed by atoms with Crippen molar-refractivity contribution in [1.29, 1.82) is 0 Å². The van der Waals surface area contributed by atoms with Gasteiger partial charge in [-0.05, 0) is 24.0 Å². The second-order valence-corrected chi connectivity index (χ2v) is 6.69. The first kappa shape index (κ1) is 14.0. The molecule has 3 rings (SSSR count). The van der Waals surface area contributed by atoms with E-state index in [2.05, 4.69) is 11.4 Å². The number of benzene rings is 1. The minimum absolute atomic E-state index is 0.337. The summed E-state index contributed by atoms with van der Waals surface area (Å²) in [7, 11) is 0. The van der Waals surface area contributed by atoms with Crippen LogP contribution >= 0.6 is 11.8 Å². The van der Waals surface area contributed by atoms with Gasteiger partial charge in [-0.3, -0.25) is 4.79 Å². The van der Waals surface area contributed by atoms with E-state index in [1.165, 1.54) is 5.56 Å². The minimum atomic E-state index is 0.337. The number of carbonyl (C=O) groups is 1. The Kier molecular flexibility index (Phi) is 4.63. The zero-order chi connectivity index (χ0) is 13.8. The molecule has 20 heavy (non-hydrogen) atoms. The van der Waals surface area contributed by atoms with Crippen molar-refractivity contribution in [1.82, 2.24) is 5.32 Å². The lowest BCUT2D eigenvalue weighted by Crippen LogP contribution is -2.39. The predicted molar refractivity (Wildman–Crippen MR) is 82.7 cm³/mol. The number of rotatable bonds is 4. The summed E-state index contributed by atoms with van der Waals surface area (Å²) < 4.78 is 5.66. The van der Waals surface area contributed by atoms with Gasteiger partial charge < -0.3 is 10.1 Å². The average Bonchev–Trinajstić information content (AvgIpc) is 2.48. The van der Waals surface area contributed by atoms with Crippen LogP contribution in [-0.4, -0.2) is 36.5 Å². The fraction of sp³-hybridized carbons (Fsp3) is 0.562. The summed E-state index contributed by atoms with van der Waals surface area (Å²) in [6.45, 7) is 1.76. The summed E-state index contributed by atoms with van der Waals surface area (Å²) in [5.74, 6) is 3.91. The third-order valence-electron chi connectivity index (χ3n) is 4.03. The summed E-state index contributed by atoms with van der Waals surface area (Å²) in [6, 6.07) is 8.50. The van der Waals surface area contributed by atoms with Crippen LogP contribution in [0.4, 0.5) is 0 Å². The predicted octanol–water partition coefficient (Wildman–Crippen LogP) is 2.61. The van der Waals surface area contributed by atoms with Crippen molar-refractivity contribution < 1.29 is 9.53 Å². The number of ketones is 1. The van der Waals surface area contributed by atoms with Gasteiger partial charge in [0.2, 0.25) is 0 Å². The van der Waals surface area contributed by atoms with Crippen molar-refractivity contribution in [3.8, 4) is 5.75 Å². The van der Waals surface area contributed by atoms with Crippen LogP contribution in [-0.2, 0) is 4.79 Å². The number of nitrogens with one attached hydrogen (secondary N) is 1. The van der Waals surface area contributed by atoms with E-state index in [1.54, 1.807) is 0 Å². The molecule has 3 nitrogen and oxygen atoms in total. The Bertz CT molecular complexity index is 471. The van der Waals surface area contributed by atoms with Gasteiger partial charge in [0.1, 0.15) is 11.5 Å². The van der Waals surface area contributed by atoms with Crippen LogP contribution in [0.5, 0.6) is 5.75 Å². The van der Waals surface area contributed by atoms with Crippen molar-refractivity contribution in [2.45, 2.75) is 31.2 Å². The van der Waals surface area contributed by atoms with Gasteiger partial charge in [-0.2, -0.15) is 11.8 Å². The molecule has 0 saturated carbocycles. The number of thioether (sulfide) groups is 1. The molecule has 0 amide bonds. The minimum Gasteiger partial charge on any atom is -0.493 e. The van der Waals surface area contributed by atoms with Crippen LogP contribution in [0.25, 0.3) is 0 Å². The van der Waals surface area contributed by atoms with E-state index in [1.807, 2.05) is 30.0 Å². The average molecular weight is 291 g/mol. The molecule has 1 N–H and O–H groups in total. The molecular weight excluding hydrogens is 270 g/mol. The Balaban J connectivity index is 1.59. The van der Waals surface area contributed by atoms with Gasteiger partial charge in [0, 0.05) is 36.9 Å². The summed E-state index contributed by atoms with van der Waals surface area (Å²) >= 11 is 1.94. The second-order valence-electron chi connectivity index (χ2n) is 5.54. The zero-order valence-corrected chi connectivity index (χ0v) is 12.5. The van der Waals surface area contributed by atoms with Crippen LogP contribution in [0.1, 0.15) is 30.7 Å². The molecule has 0 bridgehead atoms. The Morgan fingerprint density at radius 1 is 1.35 bits per heavy atom. The molecule has 1 fully saturated rings. The highest BCUT2D eigenvalue weighted by atomic mass is 32.2. The molecule has 1 aromatic rings. The topological polar surface area (TPSA) is 38.3 Å². The standard InChI is InChI=1S/C16H21NO2S/c18-14(10-13-11-20-8-6-17-13)9-12-5-7-19-16-4-2-1-3-15(12)16/h1-4,12-13,17H,5-11H2. The largest absolute Gasteiger partial charge is 0.493 e. The lowest BCUT2D eigenvalue weighted by molar-refractivity contribution is -0.119. The fourth-order valence-electron chi connectivity index (χ4n) is 3.01. The molecule has 1 saturated heterocycles. The van der Waals surface area contributed by atoms with Crippen molar-refractivity contribution in [2.24, 2.45) is 0 Å². The molecule has 0 radical (unpaired) electrons. The number of carbonyl (C=O) groups excluding carboxylic acids is 1. The number of hydrogen-bond donors (Lipinski definition) is 1. The first-order chi connectivity index (χ1) is 9.83. The van der Waals surface area contributed by atoms with E-state index in [9.17, 15) is 4.79 Å². The van der Waals surface area contributed by atoms with E-state index in [0.29, 0.717) is 30.6 Å². The molecule has 0 aliphatic carbocycles. The molecule has 4 heteroatoms. The number of fused-ring (bicyclic) bond motifs is 1. The fourth-order valence-corrected chi connectivity index (χ4v) is 3.96. The molecule has 2 aliphatic heterocycles. The number of para-hydroxylation sites is 1. The zero-order valence-electron chi connectivity index (χ0n) is 11.6. The molecule has 0 spiro atoms. The third-order valence-corrected chi connectivity index (χ3v) is 5.16. The number of hydrogen-bond acceptors (Lipinski definition) is 4. The van der Waals surface area contributed by atoms with Crippen LogP contribution in [0.15, 0.2) is 24.3 Å². The first-order valence-electron chi connectivity index (χ1n) is 7.37. The van der Waals surface area contributed by atoms with Gasteiger partial charge in [0.15, 0.2) is 0 Å². The number of ether oxygens (including phenoxy) is 1. The molecule has 2 heterocycles. The molecule has 2 unspecified atom stereocenters. The number of Topliss-reactive ketones (excluding diaryl/α,β-unsaturated/α-hetero) is 1. The maximum absolute atomic E-state index is 12.3. The van der Waals surface area contributed by atoms with Gasteiger partial charge in [-0.15, -0.1) is 0 Å². The first-order valence-corrected chi connectivity index (χ1v) is 8.53. The quantitative estimate of drug-likeness (QED) is 0.925. The second kappa shape index (κ2) is 6.64. The Labute approximate surface area is 124 Å². The molecule has 2 aliphatic rings. The van der Waals surface area contributed by atoms with Crippen LogP contribution in [0.3, 0.4) is 0 Å². The summed E-state index contributed by atoms with van der Waals surface area (Å²) in [6.07, 6.45) is 2.28. The lowest BCUT2D eigenvalue weighted by Gasteiger charge is -2.27. The molecule has 1 aromatic carbocycles. The molecule has 108 valence electrons. The van der Waals surface area contributed by atoms with Gasteiger partial charge >= 0.3 is 0 Å². The van der Waals surface area contributed by atoms with E-state index >= 15 is 0 Å². The summed E-state index contributed by atoms with van der Waals surface area (Å²) in [5.41, 5.74) is 1.21. The monoisotopic (exact) mass is 291 g/mol. The van der Waals surface area contributed by atoms with E-state index in [4.69, 9.17) is 4.74 Å². The highest BCUT2D eigenvalue weighted by Crippen LogP contribution is 2.35. The van der Waals surface area contributed by atoms with Crippen molar-refractivity contribution in [3.63, 3.8) is 0 Å². The third kappa shape index (κ3) is 3.36. The molecular formula is C16H21NO2S. The SMILES string of the molecule is O=C(CC1CSCCN1)CC1CCOc2ccccc21. The Morgan fingerprint density at radius 3 is 3.10 bits per heavy atom. The smallest absolute Gasteiger partial charge is 0.135 e. The van der Waals surface area contributed by atoms with Gasteiger partial charge in [-0.1, -0.05) is 18.2 Å². The maximum atomic E-state index is 12.3. The molecule has 0 aromatic heterocycles. The van der Waals surface area contributed by atoms with E-state index < -0.39 is 0 Å². The van der Waals surface area contributed by atoms with Crippen LogP contribution in [0.2, 0.25) is 0 Å². The van der Waals surface area contributed by atoms with Crippen LogP contribution < -0.4 is 10.1 Å². The molecule has 2 atom stereocenters.